The Labute approximate surface area is 199 Å². The van der Waals surface area contributed by atoms with Crippen molar-refractivity contribution in [3.63, 3.8) is 0 Å². The highest BCUT2D eigenvalue weighted by molar-refractivity contribution is 7.92. The average molecular weight is 472 g/mol. The number of likely N-dealkylation sites (tertiary alicyclic amines) is 1. The van der Waals surface area contributed by atoms with E-state index in [2.05, 4.69) is 22.3 Å². The molecular formula is C26H37N3O3S. The van der Waals surface area contributed by atoms with Crippen molar-refractivity contribution in [2.24, 2.45) is 0 Å². The van der Waals surface area contributed by atoms with Crippen molar-refractivity contribution in [2.45, 2.75) is 65.6 Å². The zero-order valence-corrected chi connectivity index (χ0v) is 21.1. The summed E-state index contributed by atoms with van der Waals surface area (Å²) in [7, 11) is -3.65. The van der Waals surface area contributed by atoms with E-state index in [1.54, 1.807) is 0 Å². The van der Waals surface area contributed by atoms with Crippen LogP contribution in [0.4, 0.5) is 5.69 Å². The molecule has 1 saturated heterocycles. The van der Waals surface area contributed by atoms with Gasteiger partial charge in [0.15, 0.2) is 0 Å². The Morgan fingerprint density at radius 1 is 1.03 bits per heavy atom. The Morgan fingerprint density at radius 2 is 1.67 bits per heavy atom. The molecule has 1 atom stereocenters. The van der Waals surface area contributed by atoms with Crippen LogP contribution in [0.15, 0.2) is 42.5 Å². The van der Waals surface area contributed by atoms with E-state index < -0.39 is 16.1 Å². The quantitative estimate of drug-likeness (QED) is 0.597. The van der Waals surface area contributed by atoms with Crippen molar-refractivity contribution in [2.75, 3.05) is 23.7 Å². The van der Waals surface area contributed by atoms with Gasteiger partial charge in [-0.05, 0) is 74.5 Å². The molecule has 33 heavy (non-hydrogen) atoms. The zero-order valence-electron chi connectivity index (χ0n) is 20.3. The molecule has 0 aliphatic carbocycles. The molecule has 1 aliphatic rings. The second kappa shape index (κ2) is 11.2. The topological polar surface area (TPSA) is 69.7 Å². The van der Waals surface area contributed by atoms with Crippen LogP contribution in [0.1, 0.15) is 54.9 Å². The fourth-order valence-electron chi connectivity index (χ4n) is 4.44. The Kier molecular flexibility index (Phi) is 8.54. The van der Waals surface area contributed by atoms with Gasteiger partial charge in [-0.2, -0.15) is 0 Å². The monoisotopic (exact) mass is 471 g/mol. The number of amides is 1. The van der Waals surface area contributed by atoms with Crippen LogP contribution in [-0.2, 0) is 27.9 Å². The molecule has 6 nitrogen and oxygen atoms in total. The summed E-state index contributed by atoms with van der Waals surface area (Å²) < 4.78 is 26.7. The number of benzene rings is 2. The van der Waals surface area contributed by atoms with Crippen LogP contribution in [0.2, 0.25) is 0 Å². The van der Waals surface area contributed by atoms with Crippen LogP contribution < -0.4 is 9.62 Å². The van der Waals surface area contributed by atoms with Crippen LogP contribution in [0, 0.1) is 13.8 Å². The predicted molar refractivity (Wildman–Crippen MR) is 135 cm³/mol. The molecule has 180 valence electrons. The van der Waals surface area contributed by atoms with Crippen LogP contribution >= 0.6 is 0 Å². The van der Waals surface area contributed by atoms with Crippen molar-refractivity contribution < 1.29 is 13.2 Å². The number of aryl methyl sites for hydroxylation is 2. The first-order valence-electron chi connectivity index (χ1n) is 11.8. The molecule has 2 aromatic rings. The standard InChI is InChI=1S/C26H37N3O3S/c1-5-24(29(33(4,31)32)25-17-20(2)9-10-21(25)3)26(30)27-18-22-11-13-23(14-12-22)19-28-15-7-6-8-16-28/h9-14,17,24H,5-8,15-16,18-19H2,1-4H3,(H,27,30)/t24-/m1/s1. The van der Waals surface area contributed by atoms with Gasteiger partial charge in [-0.3, -0.25) is 14.0 Å². The number of carbonyl (C=O) groups excluding carboxylic acids is 1. The van der Waals surface area contributed by atoms with E-state index in [-0.39, 0.29) is 5.91 Å². The number of carbonyl (C=O) groups is 1. The Morgan fingerprint density at radius 3 is 2.27 bits per heavy atom. The lowest BCUT2D eigenvalue weighted by Gasteiger charge is -2.31. The third kappa shape index (κ3) is 6.81. The van der Waals surface area contributed by atoms with Gasteiger partial charge in [-0.1, -0.05) is 49.7 Å². The lowest BCUT2D eigenvalue weighted by atomic mass is 10.1. The number of rotatable bonds is 9. The number of hydrogen-bond acceptors (Lipinski definition) is 4. The third-order valence-electron chi connectivity index (χ3n) is 6.28. The first-order chi connectivity index (χ1) is 15.7. The maximum Gasteiger partial charge on any atom is 0.244 e. The number of anilines is 1. The molecule has 0 bridgehead atoms. The van der Waals surface area contributed by atoms with Gasteiger partial charge in [-0.15, -0.1) is 0 Å². The van der Waals surface area contributed by atoms with E-state index >= 15 is 0 Å². The van der Waals surface area contributed by atoms with Gasteiger partial charge >= 0.3 is 0 Å². The number of sulfonamides is 1. The molecule has 0 unspecified atom stereocenters. The molecule has 1 aliphatic heterocycles. The van der Waals surface area contributed by atoms with Crippen molar-refractivity contribution in [3.05, 3.63) is 64.7 Å². The minimum absolute atomic E-state index is 0.291. The van der Waals surface area contributed by atoms with E-state index in [0.29, 0.717) is 18.7 Å². The summed E-state index contributed by atoms with van der Waals surface area (Å²) in [4.78, 5) is 15.6. The molecule has 3 rings (SSSR count). The van der Waals surface area contributed by atoms with Gasteiger partial charge in [0.25, 0.3) is 0 Å². The highest BCUT2D eigenvalue weighted by Gasteiger charge is 2.32. The lowest BCUT2D eigenvalue weighted by Crippen LogP contribution is -2.49. The highest BCUT2D eigenvalue weighted by atomic mass is 32.2. The van der Waals surface area contributed by atoms with Crippen molar-refractivity contribution in [3.8, 4) is 0 Å². The van der Waals surface area contributed by atoms with Gasteiger partial charge in [0.1, 0.15) is 6.04 Å². The van der Waals surface area contributed by atoms with Gasteiger partial charge in [-0.25, -0.2) is 8.42 Å². The third-order valence-corrected chi connectivity index (χ3v) is 7.44. The Balaban J connectivity index is 1.68. The lowest BCUT2D eigenvalue weighted by molar-refractivity contribution is -0.122. The molecule has 0 saturated carbocycles. The normalized spacial score (nSPS) is 15.8. The molecule has 0 spiro atoms. The summed E-state index contributed by atoms with van der Waals surface area (Å²) >= 11 is 0. The molecule has 1 amide bonds. The molecule has 0 radical (unpaired) electrons. The summed E-state index contributed by atoms with van der Waals surface area (Å²) in [6, 6.07) is 13.2. The van der Waals surface area contributed by atoms with Gasteiger partial charge in [0.2, 0.25) is 15.9 Å². The fourth-order valence-corrected chi connectivity index (χ4v) is 5.70. The summed E-state index contributed by atoms with van der Waals surface area (Å²) in [6.07, 6.45) is 5.41. The van der Waals surface area contributed by atoms with Crippen molar-refractivity contribution in [1.82, 2.24) is 10.2 Å². The molecule has 7 heteroatoms. The van der Waals surface area contributed by atoms with Gasteiger partial charge in [0, 0.05) is 13.1 Å². The van der Waals surface area contributed by atoms with Gasteiger partial charge in [0.05, 0.1) is 11.9 Å². The van der Waals surface area contributed by atoms with Crippen molar-refractivity contribution >= 4 is 21.6 Å². The summed E-state index contributed by atoms with van der Waals surface area (Å²) in [6.45, 7) is 9.26. The van der Waals surface area contributed by atoms with Crippen LogP contribution in [0.5, 0.6) is 0 Å². The summed E-state index contributed by atoms with van der Waals surface area (Å²) in [5.41, 5.74) is 4.60. The minimum Gasteiger partial charge on any atom is -0.350 e. The molecule has 2 aromatic carbocycles. The maximum atomic E-state index is 13.1. The summed E-state index contributed by atoms with van der Waals surface area (Å²) in [5, 5.41) is 2.95. The average Bonchev–Trinajstić information content (AvgIpc) is 2.78. The van der Waals surface area contributed by atoms with Crippen LogP contribution in [0.25, 0.3) is 0 Å². The van der Waals surface area contributed by atoms with E-state index in [9.17, 15) is 13.2 Å². The van der Waals surface area contributed by atoms with E-state index in [0.717, 1.165) is 42.6 Å². The maximum absolute atomic E-state index is 13.1. The molecule has 1 N–H and O–H groups in total. The highest BCUT2D eigenvalue weighted by Crippen LogP contribution is 2.27. The largest absolute Gasteiger partial charge is 0.350 e. The summed E-state index contributed by atoms with van der Waals surface area (Å²) in [5.74, 6) is -0.291. The number of hydrogen-bond donors (Lipinski definition) is 1. The van der Waals surface area contributed by atoms with Crippen LogP contribution in [0.3, 0.4) is 0 Å². The first-order valence-corrected chi connectivity index (χ1v) is 13.7. The minimum atomic E-state index is -3.65. The smallest absolute Gasteiger partial charge is 0.244 e. The number of nitrogens with one attached hydrogen (secondary N) is 1. The van der Waals surface area contributed by atoms with E-state index in [1.165, 1.54) is 29.1 Å². The SMILES string of the molecule is CC[C@H](C(=O)NCc1ccc(CN2CCCCC2)cc1)N(c1cc(C)ccc1C)S(C)(=O)=O. The van der Waals surface area contributed by atoms with Gasteiger partial charge < -0.3 is 5.32 Å². The first kappa shape index (κ1) is 25.2. The zero-order chi connectivity index (χ0) is 24.0. The second-order valence-corrected chi connectivity index (χ2v) is 11.0. The Bertz CT molecular complexity index is 1040. The van der Waals surface area contributed by atoms with Crippen LogP contribution in [-0.4, -0.2) is 44.6 Å². The molecule has 0 aromatic heterocycles. The molecular weight excluding hydrogens is 434 g/mol. The van der Waals surface area contributed by atoms with E-state index in [1.807, 2.05) is 51.1 Å². The number of nitrogens with zero attached hydrogens (tertiary/aromatic N) is 2. The predicted octanol–water partition coefficient (Wildman–Crippen LogP) is 4.15. The van der Waals surface area contributed by atoms with Crippen molar-refractivity contribution in [1.29, 1.82) is 0 Å². The number of piperidine rings is 1. The molecule has 1 heterocycles. The van der Waals surface area contributed by atoms with E-state index in [4.69, 9.17) is 0 Å². The Hall–Kier alpha value is -2.38. The molecule has 1 fully saturated rings. The second-order valence-electron chi connectivity index (χ2n) is 9.14. The fraction of sp³-hybridized carbons (Fsp3) is 0.500.